The molecule has 0 bridgehead atoms. The van der Waals surface area contributed by atoms with Gasteiger partial charge in [-0.2, -0.15) is 0 Å². The molecule has 0 fully saturated rings. The maximum atomic E-state index is 12.2. The third kappa shape index (κ3) is 7.55. The molecule has 36 heavy (non-hydrogen) atoms. The van der Waals surface area contributed by atoms with Crippen molar-refractivity contribution in [2.45, 2.75) is 39.0 Å². The van der Waals surface area contributed by atoms with Crippen molar-refractivity contribution in [2.75, 3.05) is 6.61 Å². The van der Waals surface area contributed by atoms with Crippen LogP contribution in [0.1, 0.15) is 5.56 Å². The second-order valence-corrected chi connectivity index (χ2v) is 15.2. The molecule has 0 aliphatic carbocycles. The lowest BCUT2D eigenvalue weighted by atomic mass is 10.1. The van der Waals surface area contributed by atoms with Crippen LogP contribution in [0.15, 0.2) is 73.1 Å². The Hall–Kier alpha value is -3.89. The molecule has 4 rings (SSSR count). The van der Waals surface area contributed by atoms with Gasteiger partial charge in [-0.1, -0.05) is 62.1 Å². The number of aromatic amines is 1. The number of aromatic nitrogens is 5. The van der Waals surface area contributed by atoms with E-state index in [0.29, 0.717) is 31.5 Å². The largest absolute Gasteiger partial charge is 0.412 e. The lowest BCUT2D eigenvalue weighted by Crippen LogP contribution is -2.40. The molecule has 0 atom stereocenters. The van der Waals surface area contributed by atoms with Crippen molar-refractivity contribution in [3.05, 3.63) is 78.6 Å². The summed E-state index contributed by atoms with van der Waals surface area (Å²) in [6, 6.07) is 20.0. The Morgan fingerprint density at radius 3 is 2.61 bits per heavy atom. The van der Waals surface area contributed by atoms with Gasteiger partial charge in [0.05, 0.1) is 10.7 Å². The van der Waals surface area contributed by atoms with E-state index in [9.17, 15) is 4.79 Å². The molecule has 0 saturated heterocycles. The van der Waals surface area contributed by atoms with E-state index in [1.54, 1.807) is 29.3 Å². The van der Waals surface area contributed by atoms with E-state index < -0.39 is 14.2 Å². The fourth-order valence-corrected chi connectivity index (χ4v) is 4.10. The molecule has 0 aliphatic heterocycles. The molecular weight excluding hydrogens is 472 g/mol. The average Bonchev–Trinajstić information content (AvgIpc) is 3.35. The predicted octanol–water partition coefficient (Wildman–Crippen LogP) is 4.42. The molecular formula is C26H31N6O3Si+. The topological polar surface area (TPSA) is 106 Å². The summed E-state index contributed by atoms with van der Waals surface area (Å²) < 4.78 is 11.2. The van der Waals surface area contributed by atoms with Gasteiger partial charge in [-0.15, -0.1) is 0 Å². The molecule has 9 nitrogen and oxygen atoms in total. The van der Waals surface area contributed by atoms with E-state index in [2.05, 4.69) is 45.4 Å². The van der Waals surface area contributed by atoms with Crippen LogP contribution in [0.4, 0.5) is 4.79 Å². The Balaban J connectivity index is 1.37. The van der Waals surface area contributed by atoms with Crippen molar-refractivity contribution < 1.29 is 19.1 Å². The van der Waals surface area contributed by atoms with Crippen LogP contribution in [0.25, 0.3) is 22.5 Å². The number of rotatable bonds is 10. The summed E-state index contributed by atoms with van der Waals surface area (Å²) in [6.45, 7) is 8.37. The minimum absolute atomic E-state index is 0.316. The number of nitrogens with one attached hydrogen (secondary N) is 2. The summed E-state index contributed by atoms with van der Waals surface area (Å²) in [5.74, 6) is 0.959. The highest BCUT2D eigenvalue weighted by Crippen LogP contribution is 2.26. The third-order valence-corrected chi connectivity index (χ3v) is 7.05. The first-order valence-electron chi connectivity index (χ1n) is 11.8. The van der Waals surface area contributed by atoms with Crippen LogP contribution in [-0.2, 0) is 18.0 Å². The first-order valence-corrected chi connectivity index (χ1v) is 15.5. The molecule has 2 aromatic carbocycles. The Morgan fingerprint density at radius 2 is 1.81 bits per heavy atom. The summed E-state index contributed by atoms with van der Waals surface area (Å²) in [5, 5.41) is 14.4. The van der Waals surface area contributed by atoms with Gasteiger partial charge in [0.15, 0.2) is 0 Å². The number of carbonyl (C=O) groups excluding carboxylic acids is 1. The van der Waals surface area contributed by atoms with Crippen LogP contribution in [0, 0.1) is 0 Å². The number of H-pyrrole nitrogens is 1. The molecule has 0 aliphatic rings. The molecule has 2 heterocycles. The zero-order chi connectivity index (χ0) is 25.4. The summed E-state index contributed by atoms with van der Waals surface area (Å²) in [4.78, 5) is 18.2. The molecule has 2 aromatic heterocycles. The minimum Gasteiger partial charge on any atom is -0.410 e. The van der Waals surface area contributed by atoms with Crippen molar-refractivity contribution in [1.29, 1.82) is 0 Å². The highest BCUT2D eigenvalue weighted by molar-refractivity contribution is 6.76. The Kier molecular flexibility index (Phi) is 8.19. The number of pyridine rings is 1. The number of benzene rings is 2. The average molecular weight is 504 g/mol. The van der Waals surface area contributed by atoms with Gasteiger partial charge in [-0.25, -0.2) is 4.79 Å². The first-order chi connectivity index (χ1) is 17.4. The van der Waals surface area contributed by atoms with Crippen LogP contribution < -0.4 is 14.9 Å². The van der Waals surface area contributed by atoms with E-state index in [4.69, 9.17) is 9.47 Å². The quantitative estimate of drug-likeness (QED) is 0.189. The van der Waals surface area contributed by atoms with E-state index >= 15 is 0 Å². The summed E-state index contributed by atoms with van der Waals surface area (Å²) >= 11 is 0. The van der Waals surface area contributed by atoms with Crippen molar-refractivity contribution >= 4 is 14.2 Å². The van der Waals surface area contributed by atoms with Gasteiger partial charge < -0.3 is 14.8 Å². The second kappa shape index (κ2) is 11.7. The number of hydrogen-bond acceptors (Lipinski definition) is 6. The molecule has 0 spiro atoms. The van der Waals surface area contributed by atoms with Crippen molar-refractivity contribution in [2.24, 2.45) is 0 Å². The van der Waals surface area contributed by atoms with E-state index in [0.717, 1.165) is 28.3 Å². The zero-order valence-electron chi connectivity index (χ0n) is 20.8. The van der Waals surface area contributed by atoms with E-state index in [1.807, 2.05) is 48.5 Å². The van der Waals surface area contributed by atoms with Gasteiger partial charge in [0.25, 0.3) is 0 Å². The number of carbonyl (C=O) groups is 1. The van der Waals surface area contributed by atoms with Crippen molar-refractivity contribution in [3.63, 3.8) is 0 Å². The lowest BCUT2D eigenvalue weighted by molar-refractivity contribution is -0.832. The number of hydrogen-bond donors (Lipinski definition) is 2. The molecule has 10 heteroatoms. The van der Waals surface area contributed by atoms with Gasteiger partial charge in [0.1, 0.15) is 5.75 Å². The van der Waals surface area contributed by atoms with Crippen LogP contribution in [0.3, 0.4) is 0 Å². The van der Waals surface area contributed by atoms with Gasteiger partial charge in [-0.05, 0) is 50.5 Å². The highest BCUT2D eigenvalue weighted by atomic mass is 28.3. The molecule has 186 valence electrons. The smallest absolute Gasteiger partial charge is 0.410 e. The Morgan fingerprint density at radius 1 is 1.00 bits per heavy atom. The van der Waals surface area contributed by atoms with E-state index in [-0.39, 0.29) is 0 Å². The second-order valence-electron chi connectivity index (χ2n) is 9.60. The molecule has 0 unspecified atom stereocenters. The number of tetrazole rings is 1. The van der Waals surface area contributed by atoms with Crippen molar-refractivity contribution in [1.82, 2.24) is 25.7 Å². The van der Waals surface area contributed by atoms with Gasteiger partial charge >= 0.3 is 11.9 Å². The standard InChI is InChI=1S/C26H30N6O3Si/c1-36(2,3)13-12-34-19-32-30-25(29-31-32)23-14-22(17-27-18-23)21-10-7-11-24(15-21)35-26(33)28-16-20-8-5-4-6-9-20/h4-11,14-15,17-18H,12-13,16,19H2,1-3H3,(H,28,33)/p+1. The normalized spacial score (nSPS) is 11.3. The number of nitrogens with zero attached hydrogens (tertiary/aromatic N) is 4. The maximum Gasteiger partial charge on any atom is 0.412 e. The van der Waals surface area contributed by atoms with Crippen molar-refractivity contribution in [3.8, 4) is 28.3 Å². The third-order valence-electron chi connectivity index (χ3n) is 5.35. The zero-order valence-corrected chi connectivity index (χ0v) is 21.8. The van der Waals surface area contributed by atoms with Gasteiger partial charge in [-0.3, -0.25) is 4.98 Å². The summed E-state index contributed by atoms with van der Waals surface area (Å²) in [5.41, 5.74) is 3.47. The molecule has 2 N–H and O–H groups in total. The summed E-state index contributed by atoms with van der Waals surface area (Å²) in [7, 11) is -1.13. The number of amides is 1. The maximum absolute atomic E-state index is 12.2. The van der Waals surface area contributed by atoms with Crippen LogP contribution in [-0.4, -0.2) is 41.2 Å². The fraction of sp³-hybridized carbons (Fsp3) is 0.269. The minimum atomic E-state index is -1.13. The Labute approximate surface area is 211 Å². The molecule has 0 saturated carbocycles. The molecule has 0 radical (unpaired) electrons. The predicted molar refractivity (Wildman–Crippen MR) is 139 cm³/mol. The molecule has 4 aromatic rings. The van der Waals surface area contributed by atoms with Crippen LogP contribution in [0.2, 0.25) is 25.7 Å². The first kappa shape index (κ1) is 25.2. The SMILES string of the molecule is C[Si](C)(C)CCOC[n+]1nc(-c2cncc(-c3cccc(OC(=O)NCc4ccccc4)c3)c2)n[nH]1. The number of ether oxygens (including phenoxy) is 2. The van der Waals surface area contributed by atoms with Crippen LogP contribution in [0.5, 0.6) is 5.75 Å². The molecule has 1 amide bonds. The summed E-state index contributed by atoms with van der Waals surface area (Å²) in [6.07, 6.45) is 2.94. The fourth-order valence-electron chi connectivity index (χ4n) is 3.35. The van der Waals surface area contributed by atoms with Crippen LogP contribution >= 0.6 is 0 Å². The van der Waals surface area contributed by atoms with E-state index in [1.165, 1.54) is 0 Å². The highest BCUT2D eigenvalue weighted by Gasteiger charge is 2.17. The monoisotopic (exact) mass is 503 g/mol. The van der Waals surface area contributed by atoms with Gasteiger partial charge in [0.2, 0.25) is 6.73 Å². The van der Waals surface area contributed by atoms with Gasteiger partial charge in [0, 0.05) is 39.2 Å². The Bertz CT molecular complexity index is 1290. The lowest BCUT2D eigenvalue weighted by Gasteiger charge is -2.14.